The summed E-state index contributed by atoms with van der Waals surface area (Å²) in [7, 11) is 0. The summed E-state index contributed by atoms with van der Waals surface area (Å²) in [6.45, 7) is 2.24. The molecule has 0 aromatic carbocycles. The summed E-state index contributed by atoms with van der Waals surface area (Å²) < 4.78 is 0. The molecule has 26 heavy (non-hydrogen) atoms. The van der Waals surface area contributed by atoms with Crippen LogP contribution < -0.4 is 0 Å². The zero-order valence-corrected chi connectivity index (χ0v) is 16.1. The van der Waals surface area contributed by atoms with Gasteiger partial charge in [0.15, 0.2) is 0 Å². The van der Waals surface area contributed by atoms with Crippen molar-refractivity contribution in [1.82, 2.24) is 0 Å². The molecule has 0 bridgehead atoms. The summed E-state index contributed by atoms with van der Waals surface area (Å²) in [5.41, 5.74) is -2.65. The van der Waals surface area contributed by atoms with E-state index in [0.29, 0.717) is 12.8 Å². The third kappa shape index (κ3) is 7.38. The topological polar surface area (TPSA) is 103 Å². The Hall–Kier alpha value is -1.53. The van der Waals surface area contributed by atoms with Crippen LogP contribution >= 0.6 is 0 Å². The number of hydrogen-bond donors (Lipinski definition) is 0. The van der Waals surface area contributed by atoms with E-state index < -0.39 is 15.5 Å². The Morgan fingerprint density at radius 3 is 1.77 bits per heavy atom. The average Bonchev–Trinajstić information content (AvgIpc) is 3.35. The molecule has 0 spiro atoms. The van der Waals surface area contributed by atoms with Crippen molar-refractivity contribution in [2.75, 3.05) is 0 Å². The van der Waals surface area contributed by atoms with Gasteiger partial charge in [-0.15, -0.1) is 0 Å². The molecule has 1 fully saturated rings. The van der Waals surface area contributed by atoms with Crippen molar-refractivity contribution in [2.24, 2.45) is 11.8 Å². The van der Waals surface area contributed by atoms with E-state index in [2.05, 4.69) is 6.92 Å². The van der Waals surface area contributed by atoms with Gasteiger partial charge in [0.1, 0.15) is 9.85 Å². The fraction of sp³-hybridized carbons (Fsp3) is 0.947. The standard InChI is InChI=1S/C19H34N2O5/c1-2-3-4-9-12-17-15-18(17)13-10-7-5-6-8-11-14-19(16-22,20(23)24)21(25)26/h16-18H,2-15H2,1H3. The minimum absolute atomic E-state index is 0.138. The van der Waals surface area contributed by atoms with E-state index in [9.17, 15) is 25.0 Å². The highest BCUT2D eigenvalue weighted by molar-refractivity contribution is 5.59. The smallest absolute Gasteiger partial charge is 0.287 e. The molecule has 0 saturated heterocycles. The first-order valence-electron chi connectivity index (χ1n) is 10.2. The van der Waals surface area contributed by atoms with E-state index in [0.717, 1.165) is 31.1 Å². The van der Waals surface area contributed by atoms with E-state index in [1.165, 1.54) is 51.4 Å². The highest BCUT2D eigenvalue weighted by atomic mass is 16.7. The molecule has 0 aromatic rings. The number of aldehydes is 1. The van der Waals surface area contributed by atoms with Crippen molar-refractivity contribution >= 4 is 6.29 Å². The first kappa shape index (κ1) is 22.5. The van der Waals surface area contributed by atoms with E-state index in [1.807, 2.05) is 0 Å². The number of hydrogen-bond acceptors (Lipinski definition) is 5. The molecule has 0 aliphatic heterocycles. The molecule has 150 valence electrons. The number of carbonyl (C=O) groups is 1. The second-order valence-electron chi connectivity index (χ2n) is 7.78. The van der Waals surface area contributed by atoms with Crippen LogP contribution in [0.3, 0.4) is 0 Å². The lowest BCUT2D eigenvalue weighted by atomic mass is 10.0. The lowest BCUT2D eigenvalue weighted by Gasteiger charge is -2.10. The molecule has 2 atom stereocenters. The van der Waals surface area contributed by atoms with Gasteiger partial charge in [0.05, 0.1) is 6.42 Å². The number of nitrogens with zero attached hydrogens (tertiary/aromatic N) is 2. The van der Waals surface area contributed by atoms with Crippen LogP contribution in [0, 0.1) is 32.1 Å². The minimum atomic E-state index is -2.65. The average molecular weight is 370 g/mol. The monoisotopic (exact) mass is 370 g/mol. The quantitative estimate of drug-likeness (QED) is 0.116. The SMILES string of the molecule is CCCCCCC1CC1CCCCCCCCC(C=O)([N+](=O)[O-])[N+](=O)[O-]. The lowest BCUT2D eigenvalue weighted by molar-refractivity contribution is -0.774. The maximum Gasteiger partial charge on any atom is 0.512 e. The van der Waals surface area contributed by atoms with Crippen molar-refractivity contribution in [2.45, 2.75) is 102 Å². The van der Waals surface area contributed by atoms with Crippen molar-refractivity contribution < 1.29 is 14.6 Å². The first-order chi connectivity index (χ1) is 12.5. The van der Waals surface area contributed by atoms with Gasteiger partial charge in [0.2, 0.25) is 0 Å². The Morgan fingerprint density at radius 2 is 1.31 bits per heavy atom. The molecule has 0 amide bonds. The third-order valence-corrected chi connectivity index (χ3v) is 5.69. The fourth-order valence-corrected chi connectivity index (χ4v) is 3.74. The molecule has 1 saturated carbocycles. The van der Waals surface area contributed by atoms with Gasteiger partial charge in [0, 0.05) is 0 Å². The van der Waals surface area contributed by atoms with Crippen LogP contribution in [0.1, 0.15) is 96.8 Å². The summed E-state index contributed by atoms with van der Waals surface area (Å²) in [5.74, 6) is 1.90. The van der Waals surface area contributed by atoms with Gasteiger partial charge < -0.3 is 0 Å². The van der Waals surface area contributed by atoms with Gasteiger partial charge in [-0.05, 0) is 24.7 Å². The molecule has 7 heteroatoms. The van der Waals surface area contributed by atoms with Crippen LogP contribution in [0.15, 0.2) is 0 Å². The molecular formula is C19H34N2O5. The Kier molecular flexibility index (Phi) is 10.4. The molecule has 0 heterocycles. The second kappa shape index (κ2) is 12.0. The fourth-order valence-electron chi connectivity index (χ4n) is 3.74. The van der Waals surface area contributed by atoms with Gasteiger partial charge in [0.25, 0.3) is 6.29 Å². The maximum absolute atomic E-state index is 10.8. The van der Waals surface area contributed by atoms with Gasteiger partial charge in [-0.2, -0.15) is 0 Å². The molecule has 0 N–H and O–H groups in total. The predicted octanol–water partition coefficient (Wildman–Crippen LogP) is 5.16. The summed E-state index contributed by atoms with van der Waals surface area (Å²) in [6, 6.07) is 0. The van der Waals surface area contributed by atoms with Crippen molar-refractivity contribution in [1.29, 1.82) is 0 Å². The Morgan fingerprint density at radius 1 is 0.846 bits per heavy atom. The molecule has 1 aliphatic carbocycles. The summed E-state index contributed by atoms with van der Waals surface area (Å²) >= 11 is 0. The zero-order chi connectivity index (χ0) is 19.4. The second-order valence-corrected chi connectivity index (χ2v) is 7.78. The summed E-state index contributed by atoms with van der Waals surface area (Å²) in [4.78, 5) is 30.3. The Balaban J connectivity index is 1.99. The normalized spacial score (nSPS) is 19.3. The number of carbonyl (C=O) groups excluding carboxylic acids is 1. The van der Waals surface area contributed by atoms with Crippen LogP contribution in [-0.4, -0.2) is 21.8 Å². The summed E-state index contributed by atoms with van der Waals surface area (Å²) in [5, 5.41) is 21.7. The van der Waals surface area contributed by atoms with Crippen LogP contribution in [0.25, 0.3) is 0 Å². The molecule has 2 unspecified atom stereocenters. The van der Waals surface area contributed by atoms with Crippen molar-refractivity contribution in [3.05, 3.63) is 20.2 Å². The first-order valence-corrected chi connectivity index (χ1v) is 10.2. The van der Waals surface area contributed by atoms with E-state index in [-0.39, 0.29) is 12.7 Å². The highest BCUT2D eigenvalue weighted by Gasteiger charge is 2.55. The van der Waals surface area contributed by atoms with Gasteiger partial charge in [-0.1, -0.05) is 77.6 Å². The predicted molar refractivity (Wildman–Crippen MR) is 100 cm³/mol. The number of unbranched alkanes of at least 4 members (excludes halogenated alkanes) is 8. The van der Waals surface area contributed by atoms with Crippen LogP contribution in [-0.2, 0) is 4.79 Å². The van der Waals surface area contributed by atoms with Crippen molar-refractivity contribution in [3.63, 3.8) is 0 Å². The minimum Gasteiger partial charge on any atom is -0.287 e. The van der Waals surface area contributed by atoms with Gasteiger partial charge in [-0.25, -0.2) is 0 Å². The molecule has 1 rings (SSSR count). The number of nitro groups is 2. The van der Waals surface area contributed by atoms with Gasteiger partial charge >= 0.3 is 5.66 Å². The zero-order valence-electron chi connectivity index (χ0n) is 16.1. The van der Waals surface area contributed by atoms with E-state index in [4.69, 9.17) is 0 Å². The highest BCUT2D eigenvalue weighted by Crippen LogP contribution is 2.45. The largest absolute Gasteiger partial charge is 0.512 e. The molecular weight excluding hydrogens is 336 g/mol. The van der Waals surface area contributed by atoms with Crippen molar-refractivity contribution in [3.8, 4) is 0 Å². The molecule has 0 aromatic heterocycles. The van der Waals surface area contributed by atoms with E-state index >= 15 is 0 Å². The lowest BCUT2D eigenvalue weighted by Crippen LogP contribution is -2.47. The van der Waals surface area contributed by atoms with Crippen LogP contribution in [0.2, 0.25) is 0 Å². The number of rotatable bonds is 17. The van der Waals surface area contributed by atoms with Crippen LogP contribution in [0.5, 0.6) is 0 Å². The van der Waals surface area contributed by atoms with E-state index in [1.54, 1.807) is 0 Å². The molecule has 0 radical (unpaired) electrons. The van der Waals surface area contributed by atoms with Crippen LogP contribution in [0.4, 0.5) is 0 Å². The Bertz CT molecular complexity index is 441. The molecule has 7 nitrogen and oxygen atoms in total. The molecule has 1 aliphatic rings. The maximum atomic E-state index is 10.8. The van der Waals surface area contributed by atoms with Gasteiger partial charge in [-0.3, -0.25) is 25.0 Å². The third-order valence-electron chi connectivity index (χ3n) is 5.69. The summed E-state index contributed by atoms with van der Waals surface area (Å²) in [6.07, 6.45) is 14.5. The Labute approximate surface area is 156 Å².